The van der Waals surface area contributed by atoms with Crippen LogP contribution in [0.3, 0.4) is 0 Å². The van der Waals surface area contributed by atoms with Crippen LogP contribution in [0.4, 0.5) is 10.8 Å². The van der Waals surface area contributed by atoms with E-state index in [4.69, 9.17) is 0 Å². The van der Waals surface area contributed by atoms with Crippen LogP contribution in [0, 0.1) is 0 Å². The monoisotopic (exact) mass is 438 g/mol. The predicted octanol–water partition coefficient (Wildman–Crippen LogP) is 4.08. The van der Waals surface area contributed by atoms with Gasteiger partial charge in [-0.15, -0.1) is 11.3 Å². The molecule has 7 nitrogen and oxygen atoms in total. The van der Waals surface area contributed by atoms with Crippen molar-refractivity contribution in [1.82, 2.24) is 9.97 Å². The molecule has 2 aromatic heterocycles. The van der Waals surface area contributed by atoms with Gasteiger partial charge in [-0.2, -0.15) is 0 Å². The number of aromatic amines is 1. The number of aromatic nitrogens is 2. The van der Waals surface area contributed by atoms with Gasteiger partial charge >= 0.3 is 0 Å². The summed E-state index contributed by atoms with van der Waals surface area (Å²) in [6, 6.07) is 14.6. The number of sulfonamides is 1. The highest BCUT2D eigenvalue weighted by molar-refractivity contribution is 7.93. The second kappa shape index (κ2) is 7.26. The molecular weight excluding hydrogens is 420 g/mol. The zero-order valence-corrected chi connectivity index (χ0v) is 17.5. The van der Waals surface area contributed by atoms with Crippen LogP contribution in [0.2, 0.25) is 0 Å². The Hall–Kier alpha value is -3.17. The fourth-order valence-electron chi connectivity index (χ4n) is 3.64. The SMILES string of the molecule is O=C(Nc1nc(-c2c[nH]c3ccccc23)cs1)c1cccc(N2CCCS2(=O)=O)c1. The molecule has 30 heavy (non-hydrogen) atoms. The fraction of sp³-hybridized carbons (Fsp3) is 0.143. The van der Waals surface area contributed by atoms with Crippen LogP contribution in [0.5, 0.6) is 0 Å². The van der Waals surface area contributed by atoms with Gasteiger partial charge in [0.05, 0.1) is 17.1 Å². The van der Waals surface area contributed by atoms with E-state index in [0.717, 1.165) is 22.2 Å². The van der Waals surface area contributed by atoms with E-state index >= 15 is 0 Å². The third-order valence-corrected chi connectivity index (χ3v) is 7.71. The van der Waals surface area contributed by atoms with E-state index in [1.807, 2.05) is 35.8 Å². The number of thiazole rings is 1. The third kappa shape index (κ3) is 3.35. The molecule has 1 amide bonds. The first-order valence-electron chi connectivity index (χ1n) is 9.45. The summed E-state index contributed by atoms with van der Waals surface area (Å²) in [4.78, 5) is 20.5. The van der Waals surface area contributed by atoms with Gasteiger partial charge in [-0.3, -0.25) is 14.4 Å². The van der Waals surface area contributed by atoms with Crippen molar-refractivity contribution in [2.24, 2.45) is 0 Å². The minimum atomic E-state index is -3.29. The van der Waals surface area contributed by atoms with Crippen molar-refractivity contribution in [1.29, 1.82) is 0 Å². The molecule has 0 bridgehead atoms. The highest BCUT2D eigenvalue weighted by Gasteiger charge is 2.28. The molecule has 3 heterocycles. The molecule has 0 saturated carbocycles. The van der Waals surface area contributed by atoms with Crippen molar-refractivity contribution in [3.05, 3.63) is 65.7 Å². The van der Waals surface area contributed by atoms with Gasteiger partial charge < -0.3 is 4.98 Å². The average Bonchev–Trinajstić information content (AvgIpc) is 3.45. The molecule has 9 heteroatoms. The number of hydrogen-bond donors (Lipinski definition) is 2. The Morgan fingerprint density at radius 2 is 2.03 bits per heavy atom. The Kier molecular flexibility index (Phi) is 4.56. The van der Waals surface area contributed by atoms with Crippen LogP contribution in [-0.4, -0.2) is 36.6 Å². The average molecular weight is 439 g/mol. The molecule has 2 N–H and O–H groups in total. The van der Waals surface area contributed by atoms with E-state index in [0.29, 0.717) is 29.3 Å². The van der Waals surface area contributed by atoms with E-state index < -0.39 is 10.0 Å². The Balaban J connectivity index is 1.37. The second-order valence-corrected chi connectivity index (χ2v) is 9.90. The smallest absolute Gasteiger partial charge is 0.257 e. The second-order valence-electron chi connectivity index (χ2n) is 7.03. The molecule has 0 spiro atoms. The molecule has 0 radical (unpaired) electrons. The maximum atomic E-state index is 12.7. The lowest BCUT2D eigenvalue weighted by Crippen LogP contribution is -2.25. The summed E-state index contributed by atoms with van der Waals surface area (Å²) >= 11 is 1.35. The molecule has 0 aliphatic carbocycles. The number of benzene rings is 2. The zero-order valence-electron chi connectivity index (χ0n) is 15.8. The minimum absolute atomic E-state index is 0.138. The molecule has 0 atom stereocenters. The van der Waals surface area contributed by atoms with Gasteiger partial charge in [0.25, 0.3) is 5.91 Å². The van der Waals surface area contributed by atoms with Crippen LogP contribution >= 0.6 is 11.3 Å². The largest absolute Gasteiger partial charge is 0.360 e. The lowest BCUT2D eigenvalue weighted by Gasteiger charge is -2.17. The number of nitrogens with zero attached hydrogens (tertiary/aromatic N) is 2. The lowest BCUT2D eigenvalue weighted by atomic mass is 10.1. The highest BCUT2D eigenvalue weighted by Crippen LogP contribution is 2.31. The Morgan fingerprint density at radius 3 is 2.87 bits per heavy atom. The number of hydrogen-bond acceptors (Lipinski definition) is 5. The van der Waals surface area contributed by atoms with Crippen molar-refractivity contribution in [2.75, 3.05) is 21.9 Å². The number of H-pyrrole nitrogens is 1. The number of rotatable bonds is 4. The van der Waals surface area contributed by atoms with Crippen molar-refractivity contribution < 1.29 is 13.2 Å². The number of carbonyl (C=O) groups excluding carboxylic acids is 1. The number of amides is 1. The van der Waals surface area contributed by atoms with Crippen molar-refractivity contribution in [3.63, 3.8) is 0 Å². The summed E-state index contributed by atoms with van der Waals surface area (Å²) in [6.45, 7) is 0.438. The standard InChI is InChI=1S/C21H18N4O3S2/c26-20(14-5-3-6-15(11-14)25-9-4-10-30(25,27)28)24-21-23-19(13-29-21)17-12-22-18-8-2-1-7-16(17)18/h1-3,5-8,11-13,22H,4,9-10H2,(H,23,24,26). The first-order chi connectivity index (χ1) is 14.5. The molecule has 0 unspecified atom stereocenters. The van der Waals surface area contributed by atoms with Gasteiger partial charge in [-0.25, -0.2) is 13.4 Å². The Labute approximate surface area is 177 Å². The predicted molar refractivity (Wildman–Crippen MR) is 120 cm³/mol. The van der Waals surface area contributed by atoms with Gasteiger partial charge in [0.15, 0.2) is 5.13 Å². The number of fused-ring (bicyclic) bond motifs is 1. The Bertz CT molecular complexity index is 1360. The molecular formula is C21H18N4O3S2. The summed E-state index contributed by atoms with van der Waals surface area (Å²) in [6.07, 6.45) is 2.50. The van der Waals surface area contributed by atoms with Crippen LogP contribution < -0.4 is 9.62 Å². The first-order valence-corrected chi connectivity index (χ1v) is 11.9. The van der Waals surface area contributed by atoms with E-state index in [9.17, 15) is 13.2 Å². The molecule has 1 aliphatic rings. The molecule has 1 saturated heterocycles. The van der Waals surface area contributed by atoms with E-state index in [-0.39, 0.29) is 11.7 Å². The molecule has 2 aromatic carbocycles. The zero-order chi connectivity index (χ0) is 20.7. The lowest BCUT2D eigenvalue weighted by molar-refractivity contribution is 0.102. The maximum Gasteiger partial charge on any atom is 0.257 e. The maximum absolute atomic E-state index is 12.7. The number of carbonyl (C=O) groups is 1. The fourth-order valence-corrected chi connectivity index (χ4v) is 5.90. The number of anilines is 2. The van der Waals surface area contributed by atoms with Gasteiger partial charge in [0.2, 0.25) is 10.0 Å². The molecule has 4 aromatic rings. The topological polar surface area (TPSA) is 95.2 Å². The minimum Gasteiger partial charge on any atom is -0.360 e. The summed E-state index contributed by atoms with van der Waals surface area (Å²) in [5.41, 5.74) is 3.69. The van der Waals surface area contributed by atoms with Crippen LogP contribution in [0.1, 0.15) is 16.8 Å². The van der Waals surface area contributed by atoms with Crippen LogP contribution in [-0.2, 0) is 10.0 Å². The molecule has 1 fully saturated rings. The molecule has 5 rings (SSSR count). The summed E-state index contributed by atoms with van der Waals surface area (Å²) in [5.74, 6) is -0.188. The van der Waals surface area contributed by atoms with Gasteiger partial charge in [-0.1, -0.05) is 24.3 Å². The van der Waals surface area contributed by atoms with Crippen molar-refractivity contribution in [3.8, 4) is 11.3 Å². The molecule has 152 valence electrons. The summed E-state index contributed by atoms with van der Waals surface area (Å²) < 4.78 is 25.7. The number of para-hydroxylation sites is 1. The third-order valence-electron chi connectivity index (χ3n) is 5.09. The highest BCUT2D eigenvalue weighted by atomic mass is 32.2. The summed E-state index contributed by atoms with van der Waals surface area (Å²) in [7, 11) is -3.29. The Morgan fingerprint density at radius 1 is 1.17 bits per heavy atom. The summed E-state index contributed by atoms with van der Waals surface area (Å²) in [5, 5.41) is 6.27. The van der Waals surface area contributed by atoms with E-state index in [1.165, 1.54) is 15.6 Å². The van der Waals surface area contributed by atoms with Gasteiger partial charge in [0, 0.05) is 40.2 Å². The van der Waals surface area contributed by atoms with Crippen LogP contribution in [0.15, 0.2) is 60.1 Å². The van der Waals surface area contributed by atoms with E-state index in [2.05, 4.69) is 15.3 Å². The van der Waals surface area contributed by atoms with Crippen molar-refractivity contribution in [2.45, 2.75) is 6.42 Å². The van der Waals surface area contributed by atoms with Gasteiger partial charge in [-0.05, 0) is 30.7 Å². The number of nitrogens with one attached hydrogen (secondary N) is 2. The first kappa shape index (κ1) is 18.8. The quantitative estimate of drug-likeness (QED) is 0.502. The normalized spacial score (nSPS) is 15.5. The van der Waals surface area contributed by atoms with Crippen LogP contribution in [0.25, 0.3) is 22.2 Å². The van der Waals surface area contributed by atoms with E-state index in [1.54, 1.807) is 24.3 Å². The molecule has 1 aliphatic heterocycles. The van der Waals surface area contributed by atoms with Gasteiger partial charge in [0.1, 0.15) is 0 Å². The van der Waals surface area contributed by atoms with Crippen molar-refractivity contribution >= 4 is 49.0 Å².